The number of rotatable bonds is 4. The van der Waals surface area contributed by atoms with Crippen LogP contribution in [0.4, 0.5) is 16.2 Å². The third-order valence-electron chi connectivity index (χ3n) is 2.82. The van der Waals surface area contributed by atoms with E-state index in [1.165, 1.54) is 0 Å². The number of benzene rings is 2. The van der Waals surface area contributed by atoms with E-state index in [0.717, 1.165) is 15.1 Å². The average molecular weight is 367 g/mol. The number of halogens is 1. The van der Waals surface area contributed by atoms with Crippen LogP contribution in [-0.4, -0.2) is 17.4 Å². The Hall–Kier alpha value is -1.50. The van der Waals surface area contributed by atoms with E-state index >= 15 is 0 Å². The summed E-state index contributed by atoms with van der Waals surface area (Å²) in [5.41, 5.74) is 1.96. The maximum atomic E-state index is 12.0. The van der Waals surface area contributed by atoms with E-state index in [4.69, 9.17) is 0 Å². The lowest BCUT2D eigenvalue weighted by Gasteiger charge is -2.11. The minimum atomic E-state index is -0.346. The van der Waals surface area contributed by atoms with Gasteiger partial charge in [0, 0.05) is 26.3 Å². The molecule has 2 aromatic rings. The van der Waals surface area contributed by atoms with Gasteiger partial charge in [0.2, 0.25) is 0 Å². The summed E-state index contributed by atoms with van der Waals surface area (Å²) in [6, 6.07) is 12.6. The van der Waals surface area contributed by atoms with Crippen molar-refractivity contribution < 1.29 is 9.90 Å². The molecule has 6 heteroatoms. The summed E-state index contributed by atoms with van der Waals surface area (Å²) in [5.74, 6) is 0. The number of hydrogen-bond donors (Lipinski definition) is 3. The summed E-state index contributed by atoms with van der Waals surface area (Å²) < 4.78 is 0.833. The van der Waals surface area contributed by atoms with Crippen molar-refractivity contribution in [3.63, 3.8) is 0 Å². The second kappa shape index (κ2) is 7.49. The van der Waals surface area contributed by atoms with Crippen LogP contribution in [0.2, 0.25) is 0 Å². The maximum absolute atomic E-state index is 12.0. The van der Waals surface area contributed by atoms with Gasteiger partial charge in [-0.1, -0.05) is 28.1 Å². The number of carbonyl (C=O) groups is 1. The third kappa shape index (κ3) is 4.49. The minimum absolute atomic E-state index is 0.134. The molecule has 0 spiro atoms. The first-order valence-corrected chi connectivity index (χ1v) is 8.25. The molecule has 0 saturated carbocycles. The quantitative estimate of drug-likeness (QED) is 0.706. The molecule has 0 bridgehead atoms. The Morgan fingerprint density at radius 3 is 2.76 bits per heavy atom. The van der Waals surface area contributed by atoms with Gasteiger partial charge in [0.15, 0.2) is 0 Å². The second-order valence-electron chi connectivity index (χ2n) is 4.27. The molecule has 0 unspecified atom stereocenters. The molecule has 3 N–H and O–H groups in total. The lowest BCUT2D eigenvalue weighted by Crippen LogP contribution is -2.20. The molecule has 0 atom stereocenters. The lowest BCUT2D eigenvalue weighted by atomic mass is 10.2. The SMILES string of the molecule is CSc1cccc(NC(=O)Nc2cc(Br)ccc2CO)c1. The van der Waals surface area contributed by atoms with Crippen LogP contribution in [0.3, 0.4) is 0 Å². The molecule has 0 fully saturated rings. The van der Waals surface area contributed by atoms with Gasteiger partial charge in [0.05, 0.1) is 6.61 Å². The van der Waals surface area contributed by atoms with Crippen molar-refractivity contribution in [3.8, 4) is 0 Å². The van der Waals surface area contributed by atoms with Crippen molar-refractivity contribution in [1.29, 1.82) is 0 Å². The summed E-state index contributed by atoms with van der Waals surface area (Å²) in [6.45, 7) is -0.134. The third-order valence-corrected chi connectivity index (χ3v) is 4.04. The number of hydrogen-bond acceptors (Lipinski definition) is 3. The number of anilines is 2. The molecule has 0 aliphatic heterocycles. The molecular weight excluding hydrogens is 352 g/mol. The number of thioether (sulfide) groups is 1. The normalized spacial score (nSPS) is 10.2. The van der Waals surface area contributed by atoms with Gasteiger partial charge in [0.1, 0.15) is 0 Å². The molecule has 0 aliphatic carbocycles. The van der Waals surface area contributed by atoms with Gasteiger partial charge in [-0.3, -0.25) is 0 Å². The van der Waals surface area contributed by atoms with E-state index in [1.54, 1.807) is 23.9 Å². The smallest absolute Gasteiger partial charge is 0.323 e. The van der Waals surface area contributed by atoms with E-state index in [2.05, 4.69) is 26.6 Å². The fourth-order valence-corrected chi connectivity index (χ4v) is 2.61. The van der Waals surface area contributed by atoms with E-state index in [9.17, 15) is 9.90 Å². The Kier molecular flexibility index (Phi) is 5.67. The van der Waals surface area contributed by atoms with Gasteiger partial charge < -0.3 is 15.7 Å². The van der Waals surface area contributed by atoms with Crippen LogP contribution in [0, 0.1) is 0 Å². The van der Waals surface area contributed by atoms with E-state index in [-0.39, 0.29) is 12.6 Å². The first-order chi connectivity index (χ1) is 10.1. The van der Waals surface area contributed by atoms with Crippen molar-refractivity contribution in [2.75, 3.05) is 16.9 Å². The zero-order valence-corrected chi connectivity index (χ0v) is 13.8. The van der Waals surface area contributed by atoms with Gasteiger partial charge in [-0.2, -0.15) is 0 Å². The van der Waals surface area contributed by atoms with Gasteiger partial charge in [-0.15, -0.1) is 11.8 Å². The van der Waals surface area contributed by atoms with Crippen LogP contribution >= 0.6 is 27.7 Å². The number of aliphatic hydroxyl groups is 1. The van der Waals surface area contributed by atoms with Crippen molar-refractivity contribution in [1.82, 2.24) is 0 Å². The molecule has 2 aromatic carbocycles. The Morgan fingerprint density at radius 2 is 2.05 bits per heavy atom. The maximum Gasteiger partial charge on any atom is 0.323 e. The Labute approximate surface area is 136 Å². The van der Waals surface area contributed by atoms with Crippen LogP contribution in [0.25, 0.3) is 0 Å². The van der Waals surface area contributed by atoms with E-state index < -0.39 is 0 Å². The highest BCUT2D eigenvalue weighted by atomic mass is 79.9. The summed E-state index contributed by atoms with van der Waals surface area (Å²) in [6.07, 6.45) is 1.98. The molecule has 0 aromatic heterocycles. The monoisotopic (exact) mass is 366 g/mol. The number of nitrogens with one attached hydrogen (secondary N) is 2. The first kappa shape index (κ1) is 15.9. The second-order valence-corrected chi connectivity index (χ2v) is 6.07. The first-order valence-electron chi connectivity index (χ1n) is 6.23. The zero-order chi connectivity index (χ0) is 15.2. The van der Waals surface area contributed by atoms with Gasteiger partial charge in [0.25, 0.3) is 0 Å². The Balaban J connectivity index is 2.09. The fourth-order valence-electron chi connectivity index (χ4n) is 1.79. The summed E-state index contributed by atoms with van der Waals surface area (Å²) in [4.78, 5) is 13.1. The number of urea groups is 1. The minimum Gasteiger partial charge on any atom is -0.392 e. The van der Waals surface area contributed by atoms with E-state index in [1.807, 2.05) is 36.6 Å². The molecule has 2 amide bonds. The van der Waals surface area contributed by atoms with Crippen molar-refractivity contribution in [2.24, 2.45) is 0 Å². The standard InChI is InChI=1S/C15H15BrN2O2S/c1-21-13-4-2-3-12(8-13)17-15(20)18-14-7-11(16)6-5-10(14)9-19/h2-8,19H,9H2,1H3,(H2,17,18,20). The van der Waals surface area contributed by atoms with Crippen molar-refractivity contribution >= 4 is 45.1 Å². The van der Waals surface area contributed by atoms with Crippen LogP contribution in [0.1, 0.15) is 5.56 Å². The highest BCUT2D eigenvalue weighted by Gasteiger charge is 2.07. The average Bonchev–Trinajstić information content (AvgIpc) is 2.47. The van der Waals surface area contributed by atoms with Crippen LogP contribution < -0.4 is 10.6 Å². The lowest BCUT2D eigenvalue weighted by molar-refractivity contribution is 0.262. The molecule has 21 heavy (non-hydrogen) atoms. The summed E-state index contributed by atoms with van der Waals surface area (Å²) in [7, 11) is 0. The zero-order valence-electron chi connectivity index (χ0n) is 11.4. The molecule has 0 heterocycles. The molecular formula is C15H15BrN2O2S. The van der Waals surface area contributed by atoms with Crippen LogP contribution in [0.15, 0.2) is 51.8 Å². The highest BCUT2D eigenvalue weighted by Crippen LogP contribution is 2.22. The molecule has 2 rings (SSSR count). The number of amides is 2. The fraction of sp³-hybridized carbons (Fsp3) is 0.133. The topological polar surface area (TPSA) is 61.4 Å². The largest absolute Gasteiger partial charge is 0.392 e. The van der Waals surface area contributed by atoms with Gasteiger partial charge in [-0.05, 0) is 36.6 Å². The van der Waals surface area contributed by atoms with Crippen LogP contribution in [-0.2, 0) is 6.61 Å². The van der Waals surface area contributed by atoms with E-state index in [0.29, 0.717) is 11.3 Å². The van der Waals surface area contributed by atoms with Gasteiger partial charge >= 0.3 is 6.03 Å². The molecule has 0 radical (unpaired) electrons. The van der Waals surface area contributed by atoms with Gasteiger partial charge in [-0.25, -0.2) is 4.79 Å². The summed E-state index contributed by atoms with van der Waals surface area (Å²) in [5, 5.41) is 14.8. The Morgan fingerprint density at radius 1 is 1.24 bits per heavy atom. The number of carbonyl (C=O) groups excluding carboxylic acids is 1. The van der Waals surface area contributed by atoms with Crippen molar-refractivity contribution in [2.45, 2.75) is 11.5 Å². The Bertz CT molecular complexity index is 649. The predicted octanol–water partition coefficient (Wildman–Crippen LogP) is 4.31. The number of aliphatic hydroxyl groups excluding tert-OH is 1. The highest BCUT2D eigenvalue weighted by molar-refractivity contribution is 9.10. The molecule has 0 aliphatic rings. The van der Waals surface area contributed by atoms with Crippen molar-refractivity contribution in [3.05, 3.63) is 52.5 Å². The van der Waals surface area contributed by atoms with Crippen LogP contribution in [0.5, 0.6) is 0 Å². The summed E-state index contributed by atoms with van der Waals surface area (Å²) >= 11 is 4.96. The molecule has 4 nitrogen and oxygen atoms in total. The predicted molar refractivity (Wildman–Crippen MR) is 90.9 cm³/mol. The molecule has 0 saturated heterocycles. The molecule has 110 valence electrons.